The van der Waals surface area contributed by atoms with Gasteiger partial charge in [0.25, 0.3) is 0 Å². The van der Waals surface area contributed by atoms with E-state index in [0.29, 0.717) is 12.2 Å². The Morgan fingerprint density at radius 3 is 2.50 bits per heavy atom. The van der Waals surface area contributed by atoms with E-state index in [1.54, 1.807) is 0 Å². The van der Waals surface area contributed by atoms with Crippen LogP contribution in [-0.2, 0) is 4.79 Å². The summed E-state index contributed by atoms with van der Waals surface area (Å²) in [7, 11) is 0. The predicted octanol–water partition coefficient (Wildman–Crippen LogP) is 3.29. The van der Waals surface area contributed by atoms with Crippen LogP contribution in [0.2, 0.25) is 0 Å². The summed E-state index contributed by atoms with van der Waals surface area (Å²) in [6, 6.07) is 9.86. The minimum absolute atomic E-state index is 0.00582. The fourth-order valence-corrected chi connectivity index (χ4v) is 2.86. The van der Waals surface area contributed by atoms with Crippen LogP contribution in [0.15, 0.2) is 30.3 Å². The summed E-state index contributed by atoms with van der Waals surface area (Å²) in [5.41, 5.74) is -0.00963. The van der Waals surface area contributed by atoms with Gasteiger partial charge in [0, 0.05) is 24.9 Å². The van der Waals surface area contributed by atoms with Crippen LogP contribution in [0, 0.1) is 0 Å². The molecule has 0 N–H and O–H groups in total. The zero-order chi connectivity index (χ0) is 14.8. The maximum Gasteiger partial charge on any atom is 0.149 e. The molecule has 1 aromatic carbocycles. The van der Waals surface area contributed by atoms with E-state index in [1.165, 1.54) is 0 Å². The standard InChI is InChI=1S/C17H25NO2/c1-5-16(19)15-11-14(12-18(15)17(2,3)4)20-13-9-7-6-8-10-13/h6-10,14-15H,5,11-12H2,1-4H3. The minimum Gasteiger partial charge on any atom is -0.489 e. The van der Waals surface area contributed by atoms with Gasteiger partial charge in [0.1, 0.15) is 17.6 Å². The smallest absolute Gasteiger partial charge is 0.149 e. The number of hydrogen-bond acceptors (Lipinski definition) is 3. The predicted molar refractivity (Wildman–Crippen MR) is 81.0 cm³/mol. The molecule has 110 valence electrons. The summed E-state index contributed by atoms with van der Waals surface area (Å²) in [5.74, 6) is 1.20. The van der Waals surface area contributed by atoms with Crippen molar-refractivity contribution >= 4 is 5.78 Å². The van der Waals surface area contributed by atoms with Crippen molar-refractivity contribution < 1.29 is 9.53 Å². The second-order valence-electron chi connectivity index (χ2n) is 6.45. The number of carbonyl (C=O) groups is 1. The minimum atomic E-state index is -0.00963. The first-order valence-corrected chi connectivity index (χ1v) is 7.43. The van der Waals surface area contributed by atoms with Gasteiger partial charge < -0.3 is 4.74 Å². The SMILES string of the molecule is CCC(=O)C1CC(Oc2ccccc2)CN1C(C)(C)C. The topological polar surface area (TPSA) is 29.5 Å². The number of carbonyl (C=O) groups excluding carboxylic acids is 1. The third-order valence-corrected chi connectivity index (χ3v) is 3.89. The quantitative estimate of drug-likeness (QED) is 0.844. The van der Waals surface area contributed by atoms with E-state index in [-0.39, 0.29) is 17.7 Å². The number of likely N-dealkylation sites (tertiary alicyclic amines) is 1. The molecule has 2 rings (SSSR count). The van der Waals surface area contributed by atoms with Gasteiger partial charge in [0.2, 0.25) is 0 Å². The summed E-state index contributed by atoms with van der Waals surface area (Å²) in [6.45, 7) is 9.23. The van der Waals surface area contributed by atoms with Crippen LogP contribution in [0.3, 0.4) is 0 Å². The van der Waals surface area contributed by atoms with E-state index in [1.807, 2.05) is 37.3 Å². The van der Waals surface area contributed by atoms with E-state index in [2.05, 4.69) is 25.7 Å². The lowest BCUT2D eigenvalue weighted by Gasteiger charge is -2.35. The molecule has 0 aromatic heterocycles. The highest BCUT2D eigenvalue weighted by Crippen LogP contribution is 2.30. The van der Waals surface area contributed by atoms with Gasteiger partial charge in [0.15, 0.2) is 0 Å². The van der Waals surface area contributed by atoms with Gasteiger partial charge in [0.05, 0.1) is 6.04 Å². The molecule has 1 aromatic rings. The molecular weight excluding hydrogens is 250 g/mol. The summed E-state index contributed by atoms with van der Waals surface area (Å²) in [5, 5.41) is 0. The molecule has 3 heteroatoms. The molecule has 3 nitrogen and oxygen atoms in total. The van der Waals surface area contributed by atoms with Crippen LogP contribution < -0.4 is 4.74 Å². The molecule has 20 heavy (non-hydrogen) atoms. The van der Waals surface area contributed by atoms with E-state index in [9.17, 15) is 4.79 Å². The van der Waals surface area contributed by atoms with Gasteiger partial charge in [-0.3, -0.25) is 9.69 Å². The van der Waals surface area contributed by atoms with Crippen LogP contribution in [-0.4, -0.2) is 34.9 Å². The Morgan fingerprint density at radius 2 is 1.95 bits per heavy atom. The van der Waals surface area contributed by atoms with Gasteiger partial charge >= 0.3 is 0 Å². The highest BCUT2D eigenvalue weighted by molar-refractivity contribution is 5.84. The summed E-state index contributed by atoms with van der Waals surface area (Å²) >= 11 is 0. The molecule has 0 amide bonds. The summed E-state index contributed by atoms with van der Waals surface area (Å²) < 4.78 is 6.03. The Hall–Kier alpha value is -1.35. The molecule has 0 saturated carbocycles. The molecule has 2 atom stereocenters. The molecular formula is C17H25NO2. The zero-order valence-corrected chi connectivity index (χ0v) is 12.9. The van der Waals surface area contributed by atoms with Crippen molar-refractivity contribution in [2.75, 3.05) is 6.54 Å². The van der Waals surface area contributed by atoms with Crippen molar-refractivity contribution in [1.82, 2.24) is 4.90 Å². The number of ether oxygens (including phenoxy) is 1. The second kappa shape index (κ2) is 5.96. The molecule has 0 radical (unpaired) electrons. The lowest BCUT2D eigenvalue weighted by molar-refractivity contribution is -0.124. The first kappa shape index (κ1) is 15.0. The first-order chi connectivity index (χ1) is 9.41. The highest BCUT2D eigenvalue weighted by Gasteiger charge is 2.42. The monoisotopic (exact) mass is 275 g/mol. The molecule has 1 heterocycles. The maximum absolute atomic E-state index is 12.2. The largest absolute Gasteiger partial charge is 0.489 e. The van der Waals surface area contributed by atoms with Crippen molar-refractivity contribution in [2.45, 2.75) is 58.2 Å². The fourth-order valence-electron chi connectivity index (χ4n) is 2.86. The Balaban J connectivity index is 2.09. The Kier molecular flexibility index (Phi) is 4.48. The third-order valence-electron chi connectivity index (χ3n) is 3.89. The van der Waals surface area contributed by atoms with E-state index >= 15 is 0 Å². The van der Waals surface area contributed by atoms with Crippen LogP contribution >= 0.6 is 0 Å². The molecule has 1 aliphatic rings. The lowest BCUT2D eigenvalue weighted by atomic mass is 10.0. The Morgan fingerprint density at radius 1 is 1.30 bits per heavy atom. The maximum atomic E-state index is 12.2. The molecule has 1 aliphatic heterocycles. The van der Waals surface area contributed by atoms with E-state index < -0.39 is 0 Å². The van der Waals surface area contributed by atoms with Gasteiger partial charge in [-0.1, -0.05) is 25.1 Å². The molecule has 0 bridgehead atoms. The van der Waals surface area contributed by atoms with Crippen molar-refractivity contribution in [2.24, 2.45) is 0 Å². The van der Waals surface area contributed by atoms with Crippen LogP contribution in [0.1, 0.15) is 40.5 Å². The summed E-state index contributed by atoms with van der Waals surface area (Å²) in [4.78, 5) is 14.5. The Labute approximate surface area is 121 Å². The average molecular weight is 275 g/mol. The normalized spacial score (nSPS) is 23.8. The highest BCUT2D eigenvalue weighted by atomic mass is 16.5. The van der Waals surface area contributed by atoms with Crippen molar-refractivity contribution in [3.63, 3.8) is 0 Å². The van der Waals surface area contributed by atoms with E-state index in [0.717, 1.165) is 18.7 Å². The van der Waals surface area contributed by atoms with Crippen LogP contribution in [0.25, 0.3) is 0 Å². The number of benzene rings is 1. The first-order valence-electron chi connectivity index (χ1n) is 7.43. The third kappa shape index (κ3) is 3.40. The van der Waals surface area contributed by atoms with Gasteiger partial charge in [-0.25, -0.2) is 0 Å². The molecule has 0 spiro atoms. The fraction of sp³-hybridized carbons (Fsp3) is 0.588. The van der Waals surface area contributed by atoms with Crippen molar-refractivity contribution in [1.29, 1.82) is 0 Å². The number of ketones is 1. The van der Waals surface area contributed by atoms with Crippen molar-refractivity contribution in [3.05, 3.63) is 30.3 Å². The van der Waals surface area contributed by atoms with Gasteiger partial charge in [-0.05, 0) is 32.9 Å². The van der Waals surface area contributed by atoms with E-state index in [4.69, 9.17) is 4.74 Å². The Bertz CT molecular complexity index is 450. The van der Waals surface area contributed by atoms with Crippen LogP contribution in [0.4, 0.5) is 0 Å². The number of nitrogens with zero attached hydrogens (tertiary/aromatic N) is 1. The molecule has 0 aliphatic carbocycles. The van der Waals surface area contributed by atoms with Gasteiger partial charge in [-0.15, -0.1) is 0 Å². The number of para-hydroxylation sites is 1. The molecule has 1 fully saturated rings. The molecule has 1 saturated heterocycles. The summed E-state index contributed by atoms with van der Waals surface area (Å²) in [6.07, 6.45) is 1.48. The average Bonchev–Trinajstić information content (AvgIpc) is 2.83. The number of Topliss-reactive ketones (excluding diaryl/α,β-unsaturated/α-hetero) is 1. The number of rotatable bonds is 4. The van der Waals surface area contributed by atoms with Crippen molar-refractivity contribution in [3.8, 4) is 5.75 Å². The zero-order valence-electron chi connectivity index (χ0n) is 12.9. The second-order valence-corrected chi connectivity index (χ2v) is 6.45. The van der Waals surface area contributed by atoms with Gasteiger partial charge in [-0.2, -0.15) is 0 Å². The number of hydrogen-bond donors (Lipinski definition) is 0. The lowest BCUT2D eigenvalue weighted by Crippen LogP contribution is -2.48. The van der Waals surface area contributed by atoms with Crippen LogP contribution in [0.5, 0.6) is 5.75 Å². The molecule has 2 unspecified atom stereocenters.